The highest BCUT2D eigenvalue weighted by atomic mass is 14.0. The van der Waals surface area contributed by atoms with E-state index in [2.05, 4.69) is 58.0 Å². The van der Waals surface area contributed by atoms with Gasteiger partial charge in [-0.2, -0.15) is 0 Å². The van der Waals surface area contributed by atoms with Crippen LogP contribution < -0.4 is 0 Å². The van der Waals surface area contributed by atoms with Crippen LogP contribution in [0.2, 0.25) is 0 Å². The van der Waals surface area contributed by atoms with Crippen molar-refractivity contribution in [2.45, 2.75) is 34.1 Å². The van der Waals surface area contributed by atoms with Crippen molar-refractivity contribution in [2.75, 3.05) is 0 Å². The maximum Gasteiger partial charge on any atom is -0.00119 e. The van der Waals surface area contributed by atoms with E-state index < -0.39 is 0 Å². The van der Waals surface area contributed by atoms with Crippen LogP contribution in [0.4, 0.5) is 0 Å². The summed E-state index contributed by atoms with van der Waals surface area (Å²) in [7, 11) is 0. The Hall–Kier alpha value is -1.04. The molecule has 1 aromatic rings. The zero-order chi connectivity index (χ0) is 10.6. The molecule has 0 unspecified atom stereocenters. The van der Waals surface area contributed by atoms with Crippen LogP contribution in [0.5, 0.6) is 0 Å². The SMILES string of the molecule is C[C](C)c1cccc(CC=C(C)C)c1. The molecular formula is C14H19. The van der Waals surface area contributed by atoms with Crippen LogP contribution in [0, 0.1) is 5.92 Å². The molecule has 0 heteroatoms. The third-order valence-corrected chi connectivity index (χ3v) is 2.25. The Labute approximate surface area is 87.7 Å². The van der Waals surface area contributed by atoms with E-state index in [-0.39, 0.29) is 0 Å². The first-order valence-corrected chi connectivity index (χ1v) is 5.12. The van der Waals surface area contributed by atoms with Gasteiger partial charge >= 0.3 is 0 Å². The summed E-state index contributed by atoms with van der Waals surface area (Å²) in [5.74, 6) is 1.38. The van der Waals surface area contributed by atoms with E-state index in [0.717, 1.165) is 6.42 Å². The summed E-state index contributed by atoms with van der Waals surface area (Å²) in [6.45, 7) is 8.59. The van der Waals surface area contributed by atoms with E-state index >= 15 is 0 Å². The van der Waals surface area contributed by atoms with E-state index in [1.165, 1.54) is 22.6 Å². The highest BCUT2D eigenvalue weighted by Crippen LogP contribution is 2.15. The lowest BCUT2D eigenvalue weighted by Crippen LogP contribution is -1.90. The Morgan fingerprint density at radius 1 is 1.14 bits per heavy atom. The molecule has 0 aromatic heterocycles. The van der Waals surface area contributed by atoms with E-state index in [9.17, 15) is 0 Å². The molecule has 0 aliphatic heterocycles. The predicted octanol–water partition coefficient (Wildman–Crippen LogP) is 4.16. The average molecular weight is 187 g/mol. The summed E-state index contributed by atoms with van der Waals surface area (Å²) in [6.07, 6.45) is 3.31. The van der Waals surface area contributed by atoms with Gasteiger partial charge in [0.1, 0.15) is 0 Å². The van der Waals surface area contributed by atoms with Gasteiger partial charge in [-0.25, -0.2) is 0 Å². The second kappa shape index (κ2) is 4.99. The second-order valence-corrected chi connectivity index (χ2v) is 4.19. The van der Waals surface area contributed by atoms with Crippen LogP contribution in [0.1, 0.15) is 38.8 Å². The summed E-state index contributed by atoms with van der Waals surface area (Å²) < 4.78 is 0. The Morgan fingerprint density at radius 3 is 2.43 bits per heavy atom. The minimum atomic E-state index is 1.05. The van der Waals surface area contributed by atoms with Crippen LogP contribution in [-0.4, -0.2) is 0 Å². The van der Waals surface area contributed by atoms with Gasteiger partial charge in [-0.1, -0.05) is 49.8 Å². The van der Waals surface area contributed by atoms with Gasteiger partial charge in [0, 0.05) is 0 Å². The quantitative estimate of drug-likeness (QED) is 0.623. The van der Waals surface area contributed by atoms with E-state index in [1.807, 2.05) is 0 Å². The molecule has 1 aromatic carbocycles. The van der Waals surface area contributed by atoms with Gasteiger partial charge in [0.25, 0.3) is 0 Å². The average Bonchev–Trinajstić information content (AvgIpc) is 2.15. The third-order valence-electron chi connectivity index (χ3n) is 2.25. The fraction of sp³-hybridized carbons (Fsp3) is 0.357. The van der Waals surface area contributed by atoms with Crippen molar-refractivity contribution >= 4 is 0 Å². The molecule has 0 aliphatic carbocycles. The molecule has 75 valence electrons. The number of hydrogen-bond donors (Lipinski definition) is 0. The fourth-order valence-corrected chi connectivity index (χ4v) is 1.33. The lowest BCUT2D eigenvalue weighted by molar-refractivity contribution is 1.12. The minimum Gasteiger partial charge on any atom is -0.0815 e. The van der Waals surface area contributed by atoms with Gasteiger partial charge < -0.3 is 0 Å². The van der Waals surface area contributed by atoms with Crippen molar-refractivity contribution in [2.24, 2.45) is 0 Å². The summed E-state index contributed by atoms with van der Waals surface area (Å²) in [5.41, 5.74) is 4.13. The van der Waals surface area contributed by atoms with Gasteiger partial charge in [-0.15, -0.1) is 0 Å². The smallest absolute Gasteiger partial charge is 0.00119 e. The first-order valence-electron chi connectivity index (χ1n) is 5.12. The number of rotatable bonds is 3. The number of hydrogen-bond acceptors (Lipinski definition) is 0. The van der Waals surface area contributed by atoms with Crippen molar-refractivity contribution in [3.05, 3.63) is 53.0 Å². The molecule has 0 nitrogen and oxygen atoms in total. The molecule has 14 heavy (non-hydrogen) atoms. The Balaban J connectivity index is 2.79. The summed E-state index contributed by atoms with van der Waals surface area (Å²) in [6, 6.07) is 8.76. The molecule has 0 amide bonds. The van der Waals surface area contributed by atoms with Gasteiger partial charge in [0.05, 0.1) is 0 Å². The van der Waals surface area contributed by atoms with Gasteiger partial charge in [-0.05, 0) is 37.3 Å². The van der Waals surface area contributed by atoms with Gasteiger partial charge in [0.2, 0.25) is 0 Å². The lowest BCUT2D eigenvalue weighted by Gasteiger charge is -2.06. The zero-order valence-electron chi connectivity index (χ0n) is 9.59. The molecule has 0 atom stereocenters. The summed E-state index contributed by atoms with van der Waals surface area (Å²) in [5, 5.41) is 0. The van der Waals surface area contributed by atoms with Crippen LogP contribution in [0.25, 0.3) is 0 Å². The van der Waals surface area contributed by atoms with Crippen LogP contribution in [0.3, 0.4) is 0 Å². The van der Waals surface area contributed by atoms with Crippen LogP contribution >= 0.6 is 0 Å². The van der Waals surface area contributed by atoms with Crippen molar-refractivity contribution in [3.63, 3.8) is 0 Å². The Bertz CT molecular complexity index is 315. The standard InChI is InChI=1S/C14H19/c1-11(2)8-9-13-6-5-7-14(10-13)12(3)4/h5-8,10H,9H2,1-4H3. The topological polar surface area (TPSA) is 0 Å². The largest absolute Gasteiger partial charge is 0.0815 e. The molecule has 1 radical (unpaired) electrons. The number of allylic oxidation sites excluding steroid dienone is 2. The summed E-state index contributed by atoms with van der Waals surface area (Å²) >= 11 is 0. The van der Waals surface area contributed by atoms with Crippen LogP contribution in [0.15, 0.2) is 35.9 Å². The molecule has 0 bridgehead atoms. The van der Waals surface area contributed by atoms with Crippen LogP contribution in [-0.2, 0) is 6.42 Å². The Morgan fingerprint density at radius 2 is 1.86 bits per heavy atom. The maximum absolute atomic E-state index is 2.27. The van der Waals surface area contributed by atoms with E-state index in [1.54, 1.807) is 0 Å². The Kier molecular flexibility index (Phi) is 3.94. The van der Waals surface area contributed by atoms with Crippen molar-refractivity contribution < 1.29 is 0 Å². The maximum atomic E-state index is 2.27. The van der Waals surface area contributed by atoms with Crippen molar-refractivity contribution in [1.82, 2.24) is 0 Å². The molecule has 0 heterocycles. The predicted molar refractivity (Wildman–Crippen MR) is 63.3 cm³/mol. The van der Waals surface area contributed by atoms with Crippen molar-refractivity contribution in [3.8, 4) is 0 Å². The lowest BCUT2D eigenvalue weighted by atomic mass is 9.99. The molecule has 0 saturated carbocycles. The van der Waals surface area contributed by atoms with Gasteiger partial charge in [0.15, 0.2) is 0 Å². The monoisotopic (exact) mass is 187 g/mol. The molecule has 0 saturated heterocycles. The molecule has 0 fully saturated rings. The first kappa shape index (κ1) is 11.0. The molecule has 1 rings (SSSR count). The summed E-state index contributed by atoms with van der Waals surface area (Å²) in [4.78, 5) is 0. The minimum absolute atomic E-state index is 1.05. The highest BCUT2D eigenvalue weighted by molar-refractivity contribution is 5.33. The first-order chi connectivity index (χ1) is 6.59. The fourth-order valence-electron chi connectivity index (χ4n) is 1.33. The number of benzene rings is 1. The zero-order valence-corrected chi connectivity index (χ0v) is 9.59. The van der Waals surface area contributed by atoms with E-state index in [4.69, 9.17) is 0 Å². The van der Waals surface area contributed by atoms with Gasteiger partial charge in [-0.3, -0.25) is 0 Å². The highest BCUT2D eigenvalue weighted by Gasteiger charge is 1.99. The normalized spacial score (nSPS) is 10.4. The third kappa shape index (κ3) is 3.37. The van der Waals surface area contributed by atoms with E-state index in [0.29, 0.717) is 0 Å². The van der Waals surface area contributed by atoms with Crippen molar-refractivity contribution in [1.29, 1.82) is 0 Å². The molecule has 0 aliphatic rings. The molecule has 0 spiro atoms. The molecular weight excluding hydrogens is 168 g/mol. The second-order valence-electron chi connectivity index (χ2n) is 4.19. The molecule has 0 N–H and O–H groups in total.